The van der Waals surface area contributed by atoms with Gasteiger partial charge in [0.25, 0.3) is 0 Å². The third kappa shape index (κ3) is 12.8. The van der Waals surface area contributed by atoms with Crippen LogP contribution in [0.2, 0.25) is 15.3 Å². The predicted molar refractivity (Wildman–Crippen MR) is 245 cm³/mol. The second-order valence-electron chi connectivity index (χ2n) is 13.9. The lowest BCUT2D eigenvalue weighted by Gasteiger charge is -2.19. The van der Waals surface area contributed by atoms with Gasteiger partial charge in [-0.1, -0.05) is 96.0 Å². The molecule has 0 radical (unpaired) electrons. The van der Waals surface area contributed by atoms with E-state index in [2.05, 4.69) is 80.8 Å². The van der Waals surface area contributed by atoms with Gasteiger partial charge in [-0.3, -0.25) is 10.1 Å². The van der Waals surface area contributed by atoms with Crippen molar-refractivity contribution in [3.8, 4) is 0 Å². The number of benzene rings is 4. The number of anilines is 5. The number of fused-ring (bicyclic) bond motifs is 2. The predicted octanol–water partition coefficient (Wildman–Crippen LogP) is 11.8. The number of carbonyl (C=O) groups is 1. The average molecular weight is 867 g/mol. The average Bonchev–Trinajstić information content (AvgIpc) is 3.82. The van der Waals surface area contributed by atoms with Crippen molar-refractivity contribution < 1.29 is 9.53 Å². The van der Waals surface area contributed by atoms with Crippen molar-refractivity contribution in [3.63, 3.8) is 0 Å². The van der Waals surface area contributed by atoms with Crippen LogP contribution in [0.5, 0.6) is 0 Å². The van der Waals surface area contributed by atoms with E-state index in [9.17, 15) is 4.79 Å². The fourth-order valence-electron chi connectivity index (χ4n) is 5.95. The number of carbonyl (C=O) groups excluding carboxylic acids is 1. The number of nitrogens with zero attached hydrogens (tertiary/aromatic N) is 5. The van der Waals surface area contributed by atoms with Gasteiger partial charge in [-0.2, -0.15) is 0 Å². The second kappa shape index (κ2) is 20.7. The number of nitrogen functional groups attached to an aromatic ring is 2. The van der Waals surface area contributed by atoms with Gasteiger partial charge in [0.05, 0.1) is 33.8 Å². The first-order chi connectivity index (χ1) is 28.2. The van der Waals surface area contributed by atoms with Crippen LogP contribution >= 0.6 is 43.8 Å². The van der Waals surface area contributed by atoms with Crippen LogP contribution in [0.4, 0.5) is 33.5 Å². The maximum absolute atomic E-state index is 11.4. The summed E-state index contributed by atoms with van der Waals surface area (Å²) < 4.78 is 8.40. The summed E-state index contributed by atoms with van der Waals surface area (Å²) in [5.41, 5.74) is 22.1. The lowest BCUT2D eigenvalue weighted by Crippen LogP contribution is -2.27. The third-order valence-corrected chi connectivity index (χ3v) is 9.05. The van der Waals surface area contributed by atoms with Crippen molar-refractivity contribution in [2.45, 2.75) is 39.2 Å². The molecule has 1 amide bonds. The molecule has 6 N–H and O–H groups in total. The van der Waals surface area contributed by atoms with E-state index in [1.165, 1.54) is 28.5 Å². The zero-order chi connectivity index (χ0) is 42.5. The Morgan fingerprint density at radius 3 is 1.76 bits per heavy atom. The zero-order valence-corrected chi connectivity index (χ0v) is 36.1. The summed E-state index contributed by atoms with van der Waals surface area (Å²) in [6, 6.07) is 30.9. The zero-order valence-electron chi connectivity index (χ0n) is 32.8. The van der Waals surface area contributed by atoms with Gasteiger partial charge in [-0.05, 0) is 113 Å². The molecule has 0 spiro atoms. The highest BCUT2D eigenvalue weighted by molar-refractivity contribution is 7.03. The van der Waals surface area contributed by atoms with Gasteiger partial charge in [-0.15, -0.1) is 0 Å². The molecule has 0 bridgehead atoms. The van der Waals surface area contributed by atoms with E-state index < -0.39 is 11.7 Å². The van der Waals surface area contributed by atoms with Crippen LogP contribution in [0.3, 0.4) is 0 Å². The Morgan fingerprint density at radius 1 is 0.729 bits per heavy atom. The van der Waals surface area contributed by atoms with Gasteiger partial charge in [0.15, 0.2) is 0 Å². The molecular weight excluding hydrogens is 824 g/mol. The van der Waals surface area contributed by atoms with Gasteiger partial charge in [0.2, 0.25) is 11.2 Å². The SMILES string of the molecule is CC(C)(C)OC(=O)Nc1cccc(N)c1.CN=P.Clc1ncc(Cl)c(C2=CCc3ccccc32)n1.Nc1cccc(Nc2ncc(Cl)c(C3=CCc4ccccc43)n2)c1. The first-order valence-corrected chi connectivity index (χ1v) is 19.8. The van der Waals surface area contributed by atoms with E-state index in [4.69, 9.17) is 51.0 Å². The van der Waals surface area contributed by atoms with E-state index in [0.29, 0.717) is 38.7 Å². The van der Waals surface area contributed by atoms with E-state index in [0.717, 1.165) is 35.4 Å². The molecule has 0 atom stereocenters. The normalized spacial score (nSPS) is 12.0. The Labute approximate surface area is 361 Å². The minimum atomic E-state index is -0.496. The third-order valence-electron chi connectivity index (χ3n) is 8.31. The van der Waals surface area contributed by atoms with Gasteiger partial charge < -0.3 is 21.5 Å². The first-order valence-electron chi connectivity index (χ1n) is 18.3. The highest BCUT2D eigenvalue weighted by atomic mass is 35.5. The van der Waals surface area contributed by atoms with Crippen LogP contribution in [0.1, 0.15) is 54.4 Å². The molecule has 11 nitrogen and oxygen atoms in total. The summed E-state index contributed by atoms with van der Waals surface area (Å²) in [5.74, 6) is 0.491. The van der Waals surface area contributed by atoms with E-state index in [-0.39, 0.29) is 5.28 Å². The summed E-state index contributed by atoms with van der Waals surface area (Å²) >= 11 is 18.3. The number of ether oxygens (including phenoxy) is 1. The molecule has 0 saturated heterocycles. The van der Waals surface area contributed by atoms with Crippen molar-refractivity contribution >= 4 is 89.8 Å². The molecule has 2 heterocycles. The van der Waals surface area contributed by atoms with Crippen molar-refractivity contribution in [2.75, 3.05) is 29.1 Å². The van der Waals surface area contributed by atoms with Crippen LogP contribution < -0.4 is 22.1 Å². The molecule has 0 aliphatic heterocycles. The molecule has 59 heavy (non-hydrogen) atoms. The van der Waals surface area contributed by atoms with E-state index >= 15 is 0 Å². The summed E-state index contributed by atoms with van der Waals surface area (Å²) in [7, 11) is 4.47. The number of hydrogen-bond donors (Lipinski definition) is 4. The lowest BCUT2D eigenvalue weighted by molar-refractivity contribution is 0.0636. The monoisotopic (exact) mass is 865 g/mol. The molecule has 0 fully saturated rings. The molecule has 8 rings (SSSR count). The summed E-state index contributed by atoms with van der Waals surface area (Å²) in [5, 5.41) is 7.05. The Hall–Kier alpha value is -5.84. The number of nitrogens with two attached hydrogens (primary N) is 2. The molecule has 2 aliphatic rings. The van der Waals surface area contributed by atoms with Crippen LogP contribution in [0.25, 0.3) is 11.1 Å². The van der Waals surface area contributed by atoms with Gasteiger partial charge in [-0.25, -0.2) is 24.7 Å². The second-order valence-corrected chi connectivity index (χ2v) is 15.5. The van der Waals surface area contributed by atoms with Crippen LogP contribution in [-0.4, -0.2) is 38.7 Å². The van der Waals surface area contributed by atoms with Crippen LogP contribution in [0, 0.1) is 0 Å². The summed E-state index contributed by atoms with van der Waals surface area (Å²) in [4.78, 5) is 28.3. The van der Waals surface area contributed by atoms with Crippen LogP contribution in [0.15, 0.2) is 126 Å². The smallest absolute Gasteiger partial charge is 0.412 e. The quantitative estimate of drug-likeness (QED) is 0.0749. The Kier molecular flexibility index (Phi) is 15.6. The molecule has 6 aromatic rings. The first kappa shape index (κ1) is 44.3. The summed E-state index contributed by atoms with van der Waals surface area (Å²) in [6.45, 7) is 5.43. The molecule has 2 aliphatic carbocycles. The standard InChI is InChI=1S/C19H15ClN4.C13H8Cl2N2.C11H16N2O2.CH4NP/c20-17-11-22-19(23-14-6-3-5-13(21)10-14)24-18(17)16-9-8-12-4-1-2-7-15(12)16;14-11-7-16-13(15)17-12(11)10-6-5-8-3-1-2-4-9(8)10;1-11(2,3)15-10(14)13-9-6-4-5-8(12)7-9;1-2-3/h1-7,9-11H,8,21H2,(H,22,23,24);1-4,6-7H,5H2;4-7H,12H2,1-3H3,(H,13,14);3H,1H3. The minimum absolute atomic E-state index is 0.217. The molecule has 0 saturated carbocycles. The van der Waals surface area contributed by atoms with Crippen molar-refractivity contribution in [1.82, 2.24) is 19.9 Å². The van der Waals surface area contributed by atoms with Crippen molar-refractivity contribution in [1.29, 1.82) is 0 Å². The Bertz CT molecular complexity index is 2510. The highest BCUT2D eigenvalue weighted by Crippen LogP contribution is 2.36. The largest absolute Gasteiger partial charge is 0.444 e. The van der Waals surface area contributed by atoms with Gasteiger partial charge in [0, 0.05) is 40.9 Å². The fourth-order valence-corrected chi connectivity index (χ4v) is 6.47. The number of amides is 1. The molecule has 2 aromatic heterocycles. The fraction of sp³-hybridized carbons (Fsp3) is 0.159. The topological polar surface area (TPSA) is 166 Å². The number of allylic oxidation sites excluding steroid dienone is 2. The maximum atomic E-state index is 11.4. The van der Waals surface area contributed by atoms with Crippen LogP contribution in [-0.2, 0) is 17.6 Å². The number of aromatic nitrogens is 4. The van der Waals surface area contributed by atoms with E-state index in [1.807, 2.05) is 69.3 Å². The maximum Gasteiger partial charge on any atom is 0.412 e. The number of halogens is 3. The molecule has 4 aromatic carbocycles. The van der Waals surface area contributed by atoms with Gasteiger partial charge in [0.1, 0.15) is 5.60 Å². The number of nitrogens with one attached hydrogen (secondary N) is 2. The minimum Gasteiger partial charge on any atom is -0.444 e. The van der Waals surface area contributed by atoms with Crippen molar-refractivity contribution in [2.24, 2.45) is 4.74 Å². The van der Waals surface area contributed by atoms with Crippen molar-refractivity contribution in [3.05, 3.63) is 171 Å². The molecule has 302 valence electrons. The Balaban J connectivity index is 0.000000168. The molecular formula is C44H43Cl3N9O2P. The highest BCUT2D eigenvalue weighted by Gasteiger charge is 2.21. The number of hydrogen-bond acceptors (Lipinski definition) is 10. The van der Waals surface area contributed by atoms with E-state index in [1.54, 1.807) is 37.5 Å². The van der Waals surface area contributed by atoms with Gasteiger partial charge >= 0.3 is 6.09 Å². The molecule has 15 heteroatoms. The lowest BCUT2D eigenvalue weighted by atomic mass is 10.0. The Morgan fingerprint density at radius 2 is 1.22 bits per heavy atom. The summed E-state index contributed by atoms with van der Waals surface area (Å²) in [6.07, 6.45) is 8.76. The number of rotatable bonds is 5. The molecule has 0 unspecified atom stereocenters.